The molecule has 0 bridgehead atoms. The number of ether oxygens (including phenoxy) is 1. The Morgan fingerprint density at radius 1 is 1.16 bits per heavy atom. The van der Waals surface area contributed by atoms with Crippen molar-refractivity contribution in [3.8, 4) is 0 Å². The molecule has 0 amide bonds. The zero-order valence-electron chi connectivity index (χ0n) is 14.1. The predicted molar refractivity (Wildman–Crippen MR) is 97.9 cm³/mol. The van der Waals surface area contributed by atoms with Crippen LogP contribution in [0.4, 0.5) is 11.6 Å². The molecule has 2 heterocycles. The average Bonchev–Trinajstić information content (AvgIpc) is 3.10. The molecule has 0 saturated carbocycles. The van der Waals surface area contributed by atoms with Crippen LogP contribution in [0.15, 0.2) is 35.4 Å². The topological polar surface area (TPSA) is 88.7 Å². The van der Waals surface area contributed by atoms with Crippen LogP contribution < -0.4 is 16.1 Å². The molecule has 25 heavy (non-hydrogen) atoms. The number of fused-ring (bicyclic) bond motifs is 1. The van der Waals surface area contributed by atoms with Crippen molar-refractivity contribution in [2.45, 2.75) is 19.4 Å². The summed E-state index contributed by atoms with van der Waals surface area (Å²) >= 11 is 0. The fourth-order valence-electron chi connectivity index (χ4n) is 3.23. The van der Waals surface area contributed by atoms with Gasteiger partial charge in [0.2, 0.25) is 0 Å². The molecule has 0 radical (unpaired) electrons. The highest BCUT2D eigenvalue weighted by Gasteiger charge is 2.18. The minimum atomic E-state index is 0.298. The number of aryl methyl sites for hydroxylation is 1. The first kappa shape index (κ1) is 16.0. The van der Waals surface area contributed by atoms with E-state index in [1.54, 1.807) is 0 Å². The molecule has 1 aliphatic carbocycles. The van der Waals surface area contributed by atoms with E-state index >= 15 is 0 Å². The minimum absolute atomic E-state index is 0.298. The van der Waals surface area contributed by atoms with Crippen molar-refractivity contribution in [1.29, 1.82) is 0 Å². The number of hydrogen-bond donors (Lipinski definition) is 2. The van der Waals surface area contributed by atoms with Gasteiger partial charge in [-0.15, -0.1) is 0 Å². The zero-order chi connectivity index (χ0) is 17.1. The van der Waals surface area contributed by atoms with E-state index in [9.17, 15) is 0 Å². The summed E-state index contributed by atoms with van der Waals surface area (Å²) in [5, 5.41) is 4.59. The lowest BCUT2D eigenvalue weighted by molar-refractivity contribution is 0.122. The van der Waals surface area contributed by atoms with Crippen molar-refractivity contribution >= 4 is 17.3 Å². The molecular formula is C18H22N6O. The molecule has 2 aromatic rings. The number of benzene rings is 1. The second kappa shape index (κ2) is 7.16. The molecule has 1 fully saturated rings. The van der Waals surface area contributed by atoms with Crippen LogP contribution in [-0.4, -0.2) is 42.0 Å². The Kier molecular flexibility index (Phi) is 4.58. The lowest BCUT2D eigenvalue weighted by atomic mass is 10.1. The van der Waals surface area contributed by atoms with Crippen molar-refractivity contribution in [2.24, 2.45) is 10.8 Å². The van der Waals surface area contributed by atoms with Gasteiger partial charge in [0.1, 0.15) is 11.6 Å². The van der Waals surface area contributed by atoms with Crippen LogP contribution >= 0.6 is 0 Å². The van der Waals surface area contributed by atoms with Gasteiger partial charge in [0.05, 0.1) is 25.5 Å². The van der Waals surface area contributed by atoms with Crippen molar-refractivity contribution < 1.29 is 4.74 Å². The highest BCUT2D eigenvalue weighted by molar-refractivity contribution is 6.04. The lowest BCUT2D eigenvalue weighted by Gasteiger charge is -2.28. The van der Waals surface area contributed by atoms with Gasteiger partial charge in [-0.1, -0.05) is 24.3 Å². The molecule has 0 atom stereocenters. The highest BCUT2D eigenvalue weighted by Crippen LogP contribution is 2.23. The van der Waals surface area contributed by atoms with Crippen LogP contribution in [-0.2, 0) is 17.7 Å². The molecule has 1 aromatic heterocycles. The van der Waals surface area contributed by atoms with Crippen molar-refractivity contribution in [3.63, 3.8) is 0 Å². The van der Waals surface area contributed by atoms with Gasteiger partial charge in [0, 0.05) is 24.7 Å². The third kappa shape index (κ3) is 3.47. The summed E-state index contributed by atoms with van der Waals surface area (Å²) in [7, 11) is 0. The highest BCUT2D eigenvalue weighted by atomic mass is 16.5. The second-order valence-electron chi connectivity index (χ2n) is 6.16. The number of morpholine rings is 1. The summed E-state index contributed by atoms with van der Waals surface area (Å²) in [5.41, 5.74) is 12.5. The predicted octanol–water partition coefficient (Wildman–Crippen LogP) is 1.53. The van der Waals surface area contributed by atoms with E-state index in [1.165, 1.54) is 11.1 Å². The van der Waals surface area contributed by atoms with E-state index < -0.39 is 0 Å². The van der Waals surface area contributed by atoms with Gasteiger partial charge in [-0.3, -0.25) is 5.43 Å². The summed E-state index contributed by atoms with van der Waals surface area (Å²) in [6, 6.07) is 10.3. The maximum atomic E-state index is 5.77. The third-order valence-electron chi connectivity index (χ3n) is 4.54. The second-order valence-corrected chi connectivity index (χ2v) is 6.16. The number of nitrogens with zero attached hydrogens (tertiary/aromatic N) is 4. The Balaban J connectivity index is 1.57. The maximum Gasteiger partial charge on any atom is 0.152 e. The minimum Gasteiger partial charge on any atom is -0.378 e. The number of nitrogens with one attached hydrogen (secondary N) is 1. The van der Waals surface area contributed by atoms with Crippen molar-refractivity contribution in [3.05, 3.63) is 47.3 Å². The van der Waals surface area contributed by atoms with Crippen LogP contribution in [0.2, 0.25) is 0 Å². The molecule has 2 aliphatic rings. The van der Waals surface area contributed by atoms with E-state index in [0.29, 0.717) is 31.4 Å². The molecule has 7 heteroatoms. The summed E-state index contributed by atoms with van der Waals surface area (Å²) in [5.74, 6) is 2.15. The zero-order valence-corrected chi connectivity index (χ0v) is 14.1. The quantitative estimate of drug-likeness (QED) is 0.822. The Labute approximate surface area is 146 Å². The molecule has 1 aliphatic heterocycles. The van der Waals surface area contributed by atoms with E-state index in [1.807, 2.05) is 12.1 Å². The van der Waals surface area contributed by atoms with Gasteiger partial charge < -0.3 is 15.4 Å². The molecule has 1 aromatic carbocycles. The Morgan fingerprint density at radius 2 is 2.00 bits per heavy atom. The van der Waals surface area contributed by atoms with Crippen LogP contribution in [0.1, 0.15) is 23.4 Å². The van der Waals surface area contributed by atoms with Crippen LogP contribution in [0.5, 0.6) is 0 Å². The Morgan fingerprint density at radius 3 is 2.84 bits per heavy atom. The van der Waals surface area contributed by atoms with Crippen molar-refractivity contribution in [1.82, 2.24) is 9.97 Å². The van der Waals surface area contributed by atoms with E-state index in [-0.39, 0.29) is 0 Å². The van der Waals surface area contributed by atoms with Gasteiger partial charge in [-0.2, -0.15) is 5.10 Å². The summed E-state index contributed by atoms with van der Waals surface area (Å²) in [6.45, 7) is 3.37. The number of hydrogen-bond acceptors (Lipinski definition) is 7. The normalized spacial score (nSPS) is 18.4. The van der Waals surface area contributed by atoms with Gasteiger partial charge in [0.25, 0.3) is 0 Å². The van der Waals surface area contributed by atoms with E-state index in [2.05, 4.69) is 43.6 Å². The van der Waals surface area contributed by atoms with E-state index in [4.69, 9.17) is 10.5 Å². The number of hydrazone groups is 1. The summed E-state index contributed by atoms with van der Waals surface area (Å²) < 4.78 is 5.41. The largest absolute Gasteiger partial charge is 0.378 e. The standard InChI is InChI=1S/C18H22N6O/c19-12-17-20-16(11-18(21-17)24-7-9-25-10-8-24)23-22-15-6-5-13-3-1-2-4-14(13)15/h1-4,11H,5-10,12,19H2,(H,20,21,23). The smallest absolute Gasteiger partial charge is 0.152 e. The van der Waals surface area contributed by atoms with Gasteiger partial charge in [-0.05, 0) is 18.4 Å². The van der Waals surface area contributed by atoms with Gasteiger partial charge >= 0.3 is 0 Å². The van der Waals surface area contributed by atoms with Crippen LogP contribution in [0.25, 0.3) is 0 Å². The number of aromatic nitrogens is 2. The van der Waals surface area contributed by atoms with Crippen LogP contribution in [0.3, 0.4) is 0 Å². The molecule has 0 spiro atoms. The Bertz CT molecular complexity index is 785. The first-order valence-corrected chi connectivity index (χ1v) is 8.65. The monoisotopic (exact) mass is 338 g/mol. The average molecular weight is 338 g/mol. The molecule has 0 unspecified atom stereocenters. The summed E-state index contributed by atoms with van der Waals surface area (Å²) in [6.07, 6.45) is 1.98. The SMILES string of the molecule is NCc1nc(NN=C2CCc3ccccc32)cc(N2CCOCC2)n1. The number of nitrogens with two attached hydrogens (primary N) is 1. The molecule has 130 valence electrons. The van der Waals surface area contributed by atoms with Crippen molar-refractivity contribution in [2.75, 3.05) is 36.6 Å². The van der Waals surface area contributed by atoms with Crippen LogP contribution in [0, 0.1) is 0 Å². The first-order valence-electron chi connectivity index (χ1n) is 8.65. The maximum absolute atomic E-state index is 5.77. The third-order valence-corrected chi connectivity index (χ3v) is 4.54. The van der Waals surface area contributed by atoms with Gasteiger partial charge in [-0.25, -0.2) is 9.97 Å². The Hall–Kier alpha value is -2.51. The fraction of sp³-hybridized carbons (Fsp3) is 0.389. The molecular weight excluding hydrogens is 316 g/mol. The molecule has 4 rings (SSSR count). The fourth-order valence-corrected chi connectivity index (χ4v) is 3.23. The van der Waals surface area contributed by atoms with E-state index in [0.717, 1.165) is 37.5 Å². The van der Waals surface area contributed by atoms with Gasteiger partial charge in [0.15, 0.2) is 5.82 Å². The molecule has 7 nitrogen and oxygen atoms in total. The molecule has 1 saturated heterocycles. The lowest BCUT2D eigenvalue weighted by Crippen LogP contribution is -2.37. The first-order chi connectivity index (χ1) is 12.3. The number of rotatable bonds is 4. The molecule has 3 N–H and O–H groups in total. The summed E-state index contributed by atoms with van der Waals surface area (Å²) in [4.78, 5) is 11.2. The number of anilines is 2.